The number of nitrogens with one attached hydrogen (secondary N) is 1. The van der Waals surface area contributed by atoms with Crippen molar-refractivity contribution in [3.05, 3.63) is 0 Å². The largest absolute Gasteiger partial charge is 0.482 e. The van der Waals surface area contributed by atoms with Gasteiger partial charge in [-0.05, 0) is 19.3 Å². The molecule has 3 N–H and O–H groups in total. The molecule has 4 atom stereocenters. The predicted molar refractivity (Wildman–Crippen MR) is 89.6 cm³/mol. The van der Waals surface area contributed by atoms with Crippen molar-refractivity contribution < 1.29 is 37.8 Å². The van der Waals surface area contributed by atoms with E-state index in [1.165, 1.54) is 7.11 Å². The third-order valence-electron chi connectivity index (χ3n) is 5.74. The van der Waals surface area contributed by atoms with Gasteiger partial charge >= 0.3 is 12.2 Å². The molecule has 0 saturated carbocycles. The van der Waals surface area contributed by atoms with Gasteiger partial charge in [-0.15, -0.1) is 5.06 Å². The maximum absolute atomic E-state index is 13.0. The Morgan fingerprint density at radius 3 is 2.75 bits per heavy atom. The van der Waals surface area contributed by atoms with E-state index in [1.807, 2.05) is 0 Å². The number of halogens is 3. The van der Waals surface area contributed by atoms with Crippen LogP contribution in [0.25, 0.3) is 0 Å². The highest BCUT2D eigenvalue weighted by Crippen LogP contribution is 2.50. The van der Waals surface area contributed by atoms with Crippen molar-refractivity contribution in [3.63, 3.8) is 0 Å². The Morgan fingerprint density at radius 1 is 1.50 bits per heavy atom. The Hall–Kier alpha value is -1.63. The van der Waals surface area contributed by atoms with Crippen molar-refractivity contribution in [2.45, 2.75) is 62.2 Å². The van der Waals surface area contributed by atoms with Crippen LogP contribution in [0.4, 0.5) is 18.0 Å². The highest BCUT2D eigenvalue weighted by atomic mass is 19.4. The van der Waals surface area contributed by atoms with Crippen molar-refractivity contribution in [1.29, 1.82) is 0 Å². The normalized spacial score (nSPS) is 34.8. The quantitative estimate of drug-likeness (QED) is 0.626. The van der Waals surface area contributed by atoms with E-state index in [-0.39, 0.29) is 32.0 Å². The Morgan fingerprint density at radius 2 is 2.21 bits per heavy atom. The van der Waals surface area contributed by atoms with Gasteiger partial charge in [-0.2, -0.15) is 13.2 Å². The summed E-state index contributed by atoms with van der Waals surface area (Å²) in [5, 5.41) is 24.6. The number of hydrogen-bond donors (Lipinski definition) is 3. The minimum absolute atomic E-state index is 0.0577. The van der Waals surface area contributed by atoms with Gasteiger partial charge in [0.25, 0.3) is 0 Å². The van der Waals surface area contributed by atoms with Gasteiger partial charge in [-0.1, -0.05) is 6.92 Å². The number of carbonyl (C=O) groups excluding carboxylic acids is 1. The number of aliphatic imine (C=N–C) groups is 1. The molecule has 3 aliphatic rings. The lowest BCUT2D eigenvalue weighted by Crippen LogP contribution is -2.79. The fourth-order valence-electron chi connectivity index (χ4n) is 4.65. The molecule has 9 nitrogen and oxygen atoms in total. The summed E-state index contributed by atoms with van der Waals surface area (Å²) >= 11 is 0. The van der Waals surface area contributed by atoms with Gasteiger partial charge in [-0.25, -0.2) is 9.79 Å². The molecule has 12 heteroatoms. The molecule has 0 bridgehead atoms. The summed E-state index contributed by atoms with van der Waals surface area (Å²) in [6, 6.07) is -0.821. The van der Waals surface area contributed by atoms with E-state index in [4.69, 9.17) is 9.47 Å². The van der Waals surface area contributed by atoms with Gasteiger partial charge in [0, 0.05) is 13.2 Å². The zero-order valence-electron chi connectivity index (χ0n) is 15.7. The maximum atomic E-state index is 13.0. The van der Waals surface area contributed by atoms with Gasteiger partial charge in [-0.3, -0.25) is 0 Å². The van der Waals surface area contributed by atoms with E-state index in [0.717, 1.165) is 9.96 Å². The first-order valence-electron chi connectivity index (χ1n) is 9.15. The number of ether oxygens (including phenoxy) is 2. The fraction of sp³-hybridized carbons (Fsp3) is 0.875. The second kappa shape index (κ2) is 7.32. The zero-order chi connectivity index (χ0) is 20.7. The molecular weight excluding hydrogens is 385 g/mol. The summed E-state index contributed by atoms with van der Waals surface area (Å²) in [7, 11) is 1.29. The van der Waals surface area contributed by atoms with Crippen LogP contribution in [0.1, 0.15) is 32.6 Å². The van der Waals surface area contributed by atoms with Crippen LogP contribution >= 0.6 is 0 Å². The highest BCUT2D eigenvalue weighted by Gasteiger charge is 2.74. The number of rotatable bonds is 5. The SMILES string of the molecule is CC[C@H](O)C1(C23C(OC)=NCN(O)C2NC(=O)N3CCC(F)(F)F)CCCO1. The van der Waals surface area contributed by atoms with E-state index in [9.17, 15) is 28.3 Å². The van der Waals surface area contributed by atoms with Crippen LogP contribution < -0.4 is 5.32 Å². The Kier molecular flexibility index (Phi) is 5.51. The van der Waals surface area contributed by atoms with Crippen molar-refractivity contribution in [1.82, 2.24) is 15.3 Å². The lowest BCUT2D eigenvalue weighted by atomic mass is 9.69. The van der Waals surface area contributed by atoms with Gasteiger partial charge < -0.3 is 30.0 Å². The molecule has 3 heterocycles. The molecule has 0 radical (unpaired) electrons. The number of carbonyl (C=O) groups is 1. The summed E-state index contributed by atoms with van der Waals surface area (Å²) in [5.41, 5.74) is -3.25. The van der Waals surface area contributed by atoms with Gasteiger partial charge in [0.15, 0.2) is 5.54 Å². The van der Waals surface area contributed by atoms with Crippen LogP contribution in [0.15, 0.2) is 4.99 Å². The number of methoxy groups -OCH3 is 1. The molecule has 0 spiro atoms. The van der Waals surface area contributed by atoms with Crippen LogP contribution in [-0.4, -0.2) is 88.7 Å². The Labute approximate surface area is 160 Å². The minimum atomic E-state index is -4.51. The van der Waals surface area contributed by atoms with E-state index in [0.29, 0.717) is 6.42 Å². The van der Waals surface area contributed by atoms with Crippen LogP contribution in [0.5, 0.6) is 0 Å². The molecule has 160 valence electrons. The molecule has 0 aromatic rings. The molecule has 3 unspecified atom stereocenters. The molecular formula is C16H25F3N4O5. The summed E-state index contributed by atoms with van der Waals surface area (Å²) in [4.78, 5) is 17.8. The number of hydroxylamine groups is 2. The number of alkyl halides is 3. The van der Waals surface area contributed by atoms with Crippen molar-refractivity contribution in [3.8, 4) is 0 Å². The average molecular weight is 410 g/mol. The van der Waals surface area contributed by atoms with Crippen molar-refractivity contribution in [2.75, 3.05) is 26.9 Å². The summed E-state index contributed by atoms with van der Waals surface area (Å²) in [6.07, 6.45) is -7.11. The summed E-state index contributed by atoms with van der Waals surface area (Å²) in [6.45, 7) is 0.993. The smallest absolute Gasteiger partial charge is 0.390 e. The predicted octanol–water partition coefficient (Wildman–Crippen LogP) is 1.06. The van der Waals surface area contributed by atoms with Crippen molar-refractivity contribution >= 4 is 11.9 Å². The highest BCUT2D eigenvalue weighted by molar-refractivity contribution is 5.97. The van der Waals surface area contributed by atoms with Crippen LogP contribution in [0.3, 0.4) is 0 Å². The molecule has 3 aliphatic heterocycles. The van der Waals surface area contributed by atoms with Crippen LogP contribution in [0.2, 0.25) is 0 Å². The number of aliphatic hydroxyl groups is 1. The summed E-state index contributed by atoms with van der Waals surface area (Å²) < 4.78 is 50.3. The third kappa shape index (κ3) is 2.93. The van der Waals surface area contributed by atoms with E-state index in [1.54, 1.807) is 6.92 Å². The lowest BCUT2D eigenvalue weighted by molar-refractivity contribution is -0.218. The molecule has 3 rings (SSSR count). The van der Waals surface area contributed by atoms with E-state index >= 15 is 0 Å². The topological polar surface area (TPSA) is 107 Å². The number of fused-ring (bicyclic) bond motifs is 1. The van der Waals surface area contributed by atoms with Crippen molar-refractivity contribution in [2.24, 2.45) is 4.99 Å². The second-order valence-electron chi connectivity index (χ2n) is 7.15. The first-order valence-corrected chi connectivity index (χ1v) is 9.15. The third-order valence-corrected chi connectivity index (χ3v) is 5.74. The average Bonchev–Trinajstić information content (AvgIpc) is 3.24. The molecule has 0 aromatic carbocycles. The lowest BCUT2D eigenvalue weighted by Gasteiger charge is -2.55. The molecule has 0 aromatic heterocycles. The minimum Gasteiger partial charge on any atom is -0.482 e. The standard InChI is InChI=1S/C16H25F3N4O5/c1-3-10(24)14(5-4-8-28-14)16-11(23(26)9-20-12(16)27-2)21-13(25)22(16)7-6-15(17,18)19/h10-11,24,26H,3-9H2,1-2H3,(H,21,25)/t10-,11?,14?,16?/m0/s1. The Balaban J connectivity index is 2.20. The van der Waals surface area contributed by atoms with Crippen LogP contribution in [-0.2, 0) is 9.47 Å². The number of amides is 2. The van der Waals surface area contributed by atoms with Gasteiger partial charge in [0.05, 0.1) is 19.6 Å². The number of hydrogen-bond acceptors (Lipinski definition) is 7. The molecule has 2 fully saturated rings. The number of aliphatic hydroxyl groups excluding tert-OH is 1. The van der Waals surface area contributed by atoms with Gasteiger partial charge in [0.1, 0.15) is 18.4 Å². The molecule has 2 saturated heterocycles. The van der Waals surface area contributed by atoms with E-state index in [2.05, 4.69) is 10.3 Å². The monoisotopic (exact) mass is 410 g/mol. The number of nitrogens with zero attached hydrogens (tertiary/aromatic N) is 3. The first-order chi connectivity index (χ1) is 13.1. The zero-order valence-corrected chi connectivity index (χ0v) is 15.7. The maximum Gasteiger partial charge on any atom is 0.390 e. The summed E-state index contributed by atoms with van der Waals surface area (Å²) in [5.74, 6) is -0.0577. The fourth-order valence-corrected chi connectivity index (χ4v) is 4.65. The molecule has 2 amide bonds. The van der Waals surface area contributed by atoms with E-state index < -0.39 is 48.6 Å². The second-order valence-corrected chi connectivity index (χ2v) is 7.15. The molecule has 28 heavy (non-hydrogen) atoms. The van der Waals surface area contributed by atoms with Gasteiger partial charge in [0.2, 0.25) is 5.90 Å². The van der Waals surface area contributed by atoms with Crippen LogP contribution in [0, 0.1) is 0 Å². The number of urea groups is 1. The Bertz CT molecular complexity index is 640. The first kappa shape index (κ1) is 21.1. The molecule has 0 aliphatic carbocycles.